The number of hydrogen-bond acceptors (Lipinski definition) is 4. The molecule has 7 nitrogen and oxygen atoms in total. The second-order valence-electron chi connectivity index (χ2n) is 5.84. The standard InChI is InChI=1S/C17H17ClF2N4O3/c1-9-2-12(27-24-9)8-26-15-5-14-10(4-13(15)18)3-11(23-14)6-21-17(25)22-7-16(19)20/h2-5,16,23H,6-8H2,1H3,(H2,21,22,25). The van der Waals surface area contributed by atoms with Crippen molar-refractivity contribution in [3.8, 4) is 5.75 Å². The molecule has 0 unspecified atom stereocenters. The summed E-state index contributed by atoms with van der Waals surface area (Å²) in [6.45, 7) is 1.45. The van der Waals surface area contributed by atoms with Gasteiger partial charge in [0.2, 0.25) is 0 Å². The van der Waals surface area contributed by atoms with Crippen LogP contribution in [0, 0.1) is 6.92 Å². The van der Waals surface area contributed by atoms with Gasteiger partial charge in [0.25, 0.3) is 6.43 Å². The zero-order valence-electron chi connectivity index (χ0n) is 14.3. The molecule has 0 saturated carbocycles. The minimum atomic E-state index is -2.59. The number of aryl methyl sites for hydroxylation is 1. The third-order valence-electron chi connectivity index (χ3n) is 3.63. The molecule has 10 heteroatoms. The lowest BCUT2D eigenvalue weighted by molar-refractivity contribution is 0.146. The van der Waals surface area contributed by atoms with Gasteiger partial charge in [-0.1, -0.05) is 16.8 Å². The summed E-state index contributed by atoms with van der Waals surface area (Å²) >= 11 is 6.25. The first-order valence-corrected chi connectivity index (χ1v) is 8.44. The van der Waals surface area contributed by atoms with Gasteiger partial charge in [0, 0.05) is 28.7 Å². The molecule has 0 aliphatic carbocycles. The number of H-pyrrole nitrogens is 1. The average Bonchev–Trinajstić information content (AvgIpc) is 3.21. The number of nitrogens with zero attached hydrogens (tertiary/aromatic N) is 1. The molecule has 1 aromatic carbocycles. The van der Waals surface area contributed by atoms with Crippen molar-refractivity contribution in [2.75, 3.05) is 6.54 Å². The number of halogens is 3. The number of carbonyl (C=O) groups excluding carboxylic acids is 1. The lowest BCUT2D eigenvalue weighted by Crippen LogP contribution is -2.37. The Morgan fingerprint density at radius 3 is 2.85 bits per heavy atom. The zero-order valence-corrected chi connectivity index (χ0v) is 15.1. The van der Waals surface area contributed by atoms with E-state index in [0.717, 1.165) is 16.6 Å². The highest BCUT2D eigenvalue weighted by Gasteiger charge is 2.11. The van der Waals surface area contributed by atoms with E-state index in [1.807, 2.05) is 6.92 Å². The first-order chi connectivity index (χ1) is 12.9. The molecule has 0 atom stereocenters. The highest BCUT2D eigenvalue weighted by atomic mass is 35.5. The number of carbonyl (C=O) groups is 1. The quantitative estimate of drug-likeness (QED) is 0.565. The van der Waals surface area contributed by atoms with Gasteiger partial charge in [-0.05, 0) is 19.1 Å². The van der Waals surface area contributed by atoms with E-state index in [0.29, 0.717) is 22.2 Å². The number of aromatic nitrogens is 2. The molecule has 2 heterocycles. The highest BCUT2D eigenvalue weighted by molar-refractivity contribution is 6.32. The maximum Gasteiger partial charge on any atom is 0.315 e. The van der Waals surface area contributed by atoms with E-state index in [1.54, 1.807) is 24.3 Å². The number of benzene rings is 1. The van der Waals surface area contributed by atoms with Crippen molar-refractivity contribution in [3.63, 3.8) is 0 Å². The summed E-state index contributed by atoms with van der Waals surface area (Å²) < 4.78 is 34.9. The van der Waals surface area contributed by atoms with Crippen LogP contribution >= 0.6 is 11.6 Å². The van der Waals surface area contributed by atoms with Crippen molar-refractivity contribution >= 4 is 28.5 Å². The van der Waals surface area contributed by atoms with Crippen molar-refractivity contribution in [2.24, 2.45) is 0 Å². The van der Waals surface area contributed by atoms with Gasteiger partial charge in [0.05, 0.1) is 23.8 Å². The Morgan fingerprint density at radius 2 is 2.15 bits per heavy atom. The van der Waals surface area contributed by atoms with Crippen LogP contribution in [0.25, 0.3) is 10.9 Å². The normalized spacial score (nSPS) is 11.1. The Kier molecular flexibility index (Phi) is 5.80. The van der Waals surface area contributed by atoms with Crippen molar-refractivity contribution in [3.05, 3.63) is 46.4 Å². The Labute approximate surface area is 158 Å². The number of amides is 2. The molecule has 2 amide bonds. The first-order valence-electron chi connectivity index (χ1n) is 8.06. The average molecular weight is 399 g/mol. The molecule has 0 radical (unpaired) electrons. The number of hydrogen-bond donors (Lipinski definition) is 3. The van der Waals surface area contributed by atoms with Crippen molar-refractivity contribution in [2.45, 2.75) is 26.5 Å². The molecule has 3 rings (SSSR count). The van der Waals surface area contributed by atoms with Gasteiger partial charge < -0.3 is 24.9 Å². The highest BCUT2D eigenvalue weighted by Crippen LogP contribution is 2.31. The van der Waals surface area contributed by atoms with Crippen molar-refractivity contribution < 1.29 is 22.8 Å². The van der Waals surface area contributed by atoms with Crippen LogP contribution in [0.15, 0.2) is 28.8 Å². The van der Waals surface area contributed by atoms with Crippen LogP contribution in [0.5, 0.6) is 5.75 Å². The lowest BCUT2D eigenvalue weighted by atomic mass is 10.2. The van der Waals surface area contributed by atoms with E-state index < -0.39 is 19.0 Å². The van der Waals surface area contributed by atoms with E-state index in [-0.39, 0.29) is 13.2 Å². The fraction of sp³-hybridized carbons (Fsp3) is 0.294. The van der Waals surface area contributed by atoms with Crippen molar-refractivity contribution in [1.29, 1.82) is 0 Å². The van der Waals surface area contributed by atoms with Crippen LogP contribution in [0.3, 0.4) is 0 Å². The SMILES string of the molecule is Cc1cc(COc2cc3[nH]c(CNC(=O)NCC(F)F)cc3cc2Cl)on1. The number of fused-ring (bicyclic) bond motifs is 1. The van der Waals surface area contributed by atoms with Gasteiger partial charge in [-0.3, -0.25) is 0 Å². The number of alkyl halides is 2. The predicted octanol–water partition coefficient (Wildman–Crippen LogP) is 3.76. The van der Waals surface area contributed by atoms with Crippen LogP contribution in [-0.2, 0) is 13.2 Å². The van der Waals surface area contributed by atoms with E-state index in [2.05, 4.69) is 20.8 Å². The Morgan fingerprint density at radius 1 is 1.33 bits per heavy atom. The topological polar surface area (TPSA) is 92.2 Å². The number of aromatic amines is 1. The third kappa shape index (κ3) is 5.10. The molecule has 0 aliphatic rings. The lowest BCUT2D eigenvalue weighted by Gasteiger charge is -2.06. The van der Waals surface area contributed by atoms with Crippen LogP contribution in [-0.4, -0.2) is 29.1 Å². The Bertz CT molecular complexity index is 942. The smallest absolute Gasteiger partial charge is 0.315 e. The van der Waals surface area contributed by atoms with Gasteiger partial charge in [0.1, 0.15) is 12.4 Å². The summed E-state index contributed by atoms with van der Waals surface area (Å²) in [6, 6.07) is 6.37. The molecule has 0 spiro atoms. The molecule has 3 aromatic rings. The molecule has 0 saturated heterocycles. The Hall–Kier alpha value is -2.81. The van der Waals surface area contributed by atoms with Gasteiger partial charge in [-0.25, -0.2) is 13.6 Å². The molecular weight excluding hydrogens is 382 g/mol. The molecule has 0 aliphatic heterocycles. The second kappa shape index (κ2) is 8.26. The van der Waals surface area contributed by atoms with E-state index in [4.69, 9.17) is 20.9 Å². The van der Waals surface area contributed by atoms with Crippen LogP contribution < -0.4 is 15.4 Å². The largest absolute Gasteiger partial charge is 0.484 e. The summed E-state index contributed by atoms with van der Waals surface area (Å²) in [5.41, 5.74) is 2.21. The molecule has 0 fully saturated rings. The summed E-state index contributed by atoms with van der Waals surface area (Å²) in [5.74, 6) is 1.05. The van der Waals surface area contributed by atoms with E-state index in [9.17, 15) is 13.6 Å². The van der Waals surface area contributed by atoms with Crippen LogP contribution in [0.4, 0.5) is 13.6 Å². The summed E-state index contributed by atoms with van der Waals surface area (Å²) in [4.78, 5) is 14.6. The van der Waals surface area contributed by atoms with E-state index >= 15 is 0 Å². The maximum atomic E-state index is 12.1. The van der Waals surface area contributed by atoms with Crippen LogP contribution in [0.2, 0.25) is 5.02 Å². The van der Waals surface area contributed by atoms with Crippen molar-refractivity contribution in [1.82, 2.24) is 20.8 Å². The molecule has 0 bridgehead atoms. The van der Waals surface area contributed by atoms with E-state index in [1.165, 1.54) is 0 Å². The third-order valence-corrected chi connectivity index (χ3v) is 3.93. The van der Waals surface area contributed by atoms with Gasteiger partial charge >= 0.3 is 6.03 Å². The predicted molar refractivity (Wildman–Crippen MR) is 95.1 cm³/mol. The molecule has 2 aromatic heterocycles. The fourth-order valence-electron chi connectivity index (χ4n) is 2.44. The number of rotatable bonds is 7. The molecular formula is C17H17ClF2N4O3. The summed E-state index contributed by atoms with van der Waals surface area (Å²) in [7, 11) is 0. The summed E-state index contributed by atoms with van der Waals surface area (Å²) in [6.07, 6.45) is -2.59. The monoisotopic (exact) mass is 398 g/mol. The van der Waals surface area contributed by atoms with Gasteiger partial charge in [-0.2, -0.15) is 0 Å². The maximum absolute atomic E-state index is 12.1. The second-order valence-corrected chi connectivity index (χ2v) is 6.25. The van der Waals surface area contributed by atoms with Gasteiger partial charge in [0.15, 0.2) is 5.76 Å². The minimum absolute atomic E-state index is 0.148. The number of nitrogens with one attached hydrogen (secondary N) is 3. The van der Waals surface area contributed by atoms with Crippen LogP contribution in [0.1, 0.15) is 17.1 Å². The molecule has 27 heavy (non-hydrogen) atoms. The fourth-order valence-corrected chi connectivity index (χ4v) is 2.67. The minimum Gasteiger partial charge on any atom is -0.484 e. The number of urea groups is 1. The first kappa shape index (κ1) is 19.0. The summed E-state index contributed by atoms with van der Waals surface area (Å²) in [5, 5.41) is 9.60. The molecule has 144 valence electrons. The molecule has 3 N–H and O–H groups in total. The van der Waals surface area contributed by atoms with Gasteiger partial charge in [-0.15, -0.1) is 0 Å². The Balaban J connectivity index is 1.63. The number of ether oxygens (including phenoxy) is 1. The zero-order chi connectivity index (χ0) is 19.4.